The monoisotopic (exact) mass is 355 g/mol. The molecule has 1 aromatic heterocycles. The molecule has 0 aliphatic heterocycles. The van der Waals surface area contributed by atoms with Gasteiger partial charge in [0.15, 0.2) is 0 Å². The van der Waals surface area contributed by atoms with E-state index < -0.39 is 0 Å². The molecule has 0 saturated heterocycles. The van der Waals surface area contributed by atoms with Gasteiger partial charge in [-0.2, -0.15) is 0 Å². The van der Waals surface area contributed by atoms with Crippen LogP contribution in [0.15, 0.2) is 85.1 Å². The third-order valence-electron chi connectivity index (χ3n) is 4.98. The molecule has 1 unspecified atom stereocenters. The highest BCUT2D eigenvalue weighted by Crippen LogP contribution is 2.36. The highest BCUT2D eigenvalue weighted by atomic mass is 16.5. The summed E-state index contributed by atoms with van der Waals surface area (Å²) < 4.78 is 5.60. The summed E-state index contributed by atoms with van der Waals surface area (Å²) in [5.74, 6) is 0.869. The maximum atomic E-state index is 5.60. The van der Waals surface area contributed by atoms with Gasteiger partial charge in [0, 0.05) is 30.6 Å². The Bertz CT molecular complexity index is 1020. The van der Waals surface area contributed by atoms with Gasteiger partial charge in [0.2, 0.25) is 0 Å². The van der Waals surface area contributed by atoms with Gasteiger partial charge >= 0.3 is 0 Å². The standard InChI is InChI=1S/C24H23N2O/c1-26(22-14-8-9-15-24(22)27-2)23(18-10-4-3-5-11-18)16-19-17-25-21-13-7-6-12-20(19)21/h3-17,23,25H,1-2H3. The predicted molar refractivity (Wildman–Crippen MR) is 112 cm³/mol. The lowest BCUT2D eigenvalue weighted by atomic mass is 9.96. The van der Waals surface area contributed by atoms with Crippen LogP contribution in [0.2, 0.25) is 0 Å². The molecule has 4 aromatic rings. The van der Waals surface area contributed by atoms with E-state index in [0.29, 0.717) is 0 Å². The number of H-pyrrole nitrogens is 1. The number of nitrogens with one attached hydrogen (secondary N) is 1. The SMILES string of the molecule is COc1ccccc1N(C)C([CH]c1c[nH]c2ccccc12)c1ccccc1. The van der Waals surface area contributed by atoms with Gasteiger partial charge < -0.3 is 14.6 Å². The molecule has 1 heterocycles. The van der Waals surface area contributed by atoms with Crippen molar-refractivity contribution in [2.24, 2.45) is 0 Å². The summed E-state index contributed by atoms with van der Waals surface area (Å²) in [5.41, 5.74) is 4.64. The number of ether oxygens (including phenoxy) is 1. The number of benzene rings is 3. The molecule has 1 radical (unpaired) electrons. The van der Waals surface area contributed by atoms with E-state index in [2.05, 4.69) is 90.2 Å². The molecule has 1 N–H and O–H groups in total. The van der Waals surface area contributed by atoms with Crippen molar-refractivity contribution in [3.05, 3.63) is 103 Å². The maximum absolute atomic E-state index is 5.60. The first kappa shape index (κ1) is 17.2. The van der Waals surface area contributed by atoms with E-state index in [9.17, 15) is 0 Å². The number of aromatic amines is 1. The number of aromatic nitrogens is 1. The topological polar surface area (TPSA) is 28.3 Å². The molecule has 135 valence electrons. The molecule has 1 atom stereocenters. The maximum Gasteiger partial charge on any atom is 0.142 e. The molecule has 4 rings (SSSR count). The molecule has 3 aromatic carbocycles. The molecule has 0 spiro atoms. The predicted octanol–water partition coefficient (Wildman–Crippen LogP) is 5.61. The summed E-state index contributed by atoms with van der Waals surface area (Å²) in [6, 6.07) is 27.2. The molecule has 0 aliphatic carbocycles. The van der Waals surface area contributed by atoms with Crippen LogP contribution in [0.1, 0.15) is 17.2 Å². The Hall–Kier alpha value is -3.20. The first-order valence-corrected chi connectivity index (χ1v) is 9.09. The highest BCUT2D eigenvalue weighted by Gasteiger charge is 2.22. The lowest BCUT2D eigenvalue weighted by Gasteiger charge is -2.31. The van der Waals surface area contributed by atoms with E-state index >= 15 is 0 Å². The van der Waals surface area contributed by atoms with Crippen molar-refractivity contribution in [2.75, 3.05) is 19.1 Å². The van der Waals surface area contributed by atoms with Crippen molar-refractivity contribution in [2.45, 2.75) is 6.04 Å². The zero-order valence-corrected chi connectivity index (χ0v) is 15.6. The smallest absolute Gasteiger partial charge is 0.142 e. The zero-order chi connectivity index (χ0) is 18.6. The minimum atomic E-state index is 0.0710. The van der Waals surface area contributed by atoms with Crippen molar-refractivity contribution >= 4 is 16.6 Å². The second-order valence-electron chi connectivity index (χ2n) is 6.59. The summed E-state index contributed by atoms with van der Waals surface area (Å²) in [6.45, 7) is 0. The number of nitrogens with zero attached hydrogens (tertiary/aromatic N) is 1. The number of methoxy groups -OCH3 is 1. The summed E-state index contributed by atoms with van der Waals surface area (Å²) >= 11 is 0. The van der Waals surface area contributed by atoms with Crippen LogP contribution in [0, 0.1) is 6.42 Å². The summed E-state index contributed by atoms with van der Waals surface area (Å²) in [7, 11) is 3.83. The normalized spacial score (nSPS) is 12.1. The van der Waals surface area contributed by atoms with Crippen LogP contribution in [0.25, 0.3) is 10.9 Å². The van der Waals surface area contributed by atoms with Crippen LogP contribution in [-0.2, 0) is 0 Å². The average molecular weight is 355 g/mol. The van der Waals surface area contributed by atoms with Crippen molar-refractivity contribution in [3.63, 3.8) is 0 Å². The number of likely N-dealkylation sites (N-methyl/N-ethyl adjacent to an activating group) is 1. The summed E-state index contributed by atoms with van der Waals surface area (Å²) in [5, 5.41) is 1.23. The van der Waals surface area contributed by atoms with E-state index in [1.165, 1.54) is 16.5 Å². The van der Waals surface area contributed by atoms with E-state index in [1.54, 1.807) is 7.11 Å². The molecule has 0 saturated carbocycles. The van der Waals surface area contributed by atoms with Gasteiger partial charge in [-0.1, -0.05) is 60.7 Å². The first-order valence-electron chi connectivity index (χ1n) is 9.09. The minimum absolute atomic E-state index is 0.0710. The van der Waals surface area contributed by atoms with Gasteiger partial charge in [-0.3, -0.25) is 0 Å². The third kappa shape index (κ3) is 3.41. The van der Waals surface area contributed by atoms with Crippen LogP contribution in [0.4, 0.5) is 5.69 Å². The Morgan fingerprint density at radius 2 is 1.59 bits per heavy atom. The Morgan fingerprint density at radius 3 is 2.41 bits per heavy atom. The van der Waals surface area contributed by atoms with E-state index in [0.717, 1.165) is 17.0 Å². The van der Waals surface area contributed by atoms with Gasteiger partial charge in [0.05, 0.1) is 18.8 Å². The number of para-hydroxylation sites is 3. The molecule has 0 aliphatic rings. The van der Waals surface area contributed by atoms with Crippen molar-refractivity contribution < 1.29 is 4.74 Å². The van der Waals surface area contributed by atoms with Gasteiger partial charge in [0.25, 0.3) is 0 Å². The Labute approximate surface area is 160 Å². The third-order valence-corrected chi connectivity index (χ3v) is 4.98. The average Bonchev–Trinajstić information content (AvgIpc) is 3.15. The molecule has 0 fully saturated rings. The van der Waals surface area contributed by atoms with E-state index in [-0.39, 0.29) is 6.04 Å². The van der Waals surface area contributed by atoms with Gasteiger partial charge in [-0.25, -0.2) is 0 Å². The van der Waals surface area contributed by atoms with Crippen molar-refractivity contribution in [1.82, 2.24) is 4.98 Å². The highest BCUT2D eigenvalue weighted by molar-refractivity contribution is 5.84. The first-order chi connectivity index (χ1) is 13.3. The number of fused-ring (bicyclic) bond motifs is 1. The summed E-state index contributed by atoms with van der Waals surface area (Å²) in [6.07, 6.45) is 4.39. The minimum Gasteiger partial charge on any atom is -0.495 e. The number of hydrogen-bond donors (Lipinski definition) is 1. The van der Waals surface area contributed by atoms with Crippen molar-refractivity contribution in [1.29, 1.82) is 0 Å². The van der Waals surface area contributed by atoms with E-state index in [4.69, 9.17) is 4.74 Å². The summed E-state index contributed by atoms with van der Waals surface area (Å²) in [4.78, 5) is 5.63. The quantitative estimate of drug-likeness (QED) is 0.487. The van der Waals surface area contributed by atoms with E-state index in [1.807, 2.05) is 18.2 Å². The molecule has 3 nitrogen and oxygen atoms in total. The Kier molecular flexibility index (Phi) is 4.84. The second-order valence-corrected chi connectivity index (χ2v) is 6.59. The van der Waals surface area contributed by atoms with Crippen LogP contribution >= 0.6 is 0 Å². The van der Waals surface area contributed by atoms with Gasteiger partial charge in [-0.05, 0) is 29.3 Å². The lowest BCUT2D eigenvalue weighted by Crippen LogP contribution is -2.25. The van der Waals surface area contributed by atoms with Crippen LogP contribution in [0.5, 0.6) is 5.75 Å². The second kappa shape index (κ2) is 7.58. The number of hydrogen-bond acceptors (Lipinski definition) is 2. The largest absolute Gasteiger partial charge is 0.495 e. The molecular weight excluding hydrogens is 332 g/mol. The molecule has 27 heavy (non-hydrogen) atoms. The van der Waals surface area contributed by atoms with Crippen LogP contribution in [-0.4, -0.2) is 19.1 Å². The Morgan fingerprint density at radius 1 is 0.889 bits per heavy atom. The fourth-order valence-electron chi connectivity index (χ4n) is 3.55. The molecule has 0 bridgehead atoms. The molecular formula is C24H23N2O. The lowest BCUT2D eigenvalue weighted by molar-refractivity contribution is 0.414. The molecule has 0 amide bonds. The number of rotatable bonds is 6. The molecule has 3 heteroatoms. The fourth-order valence-corrected chi connectivity index (χ4v) is 3.55. The Balaban J connectivity index is 1.75. The van der Waals surface area contributed by atoms with Crippen LogP contribution in [0.3, 0.4) is 0 Å². The van der Waals surface area contributed by atoms with Gasteiger partial charge in [-0.15, -0.1) is 0 Å². The zero-order valence-electron chi connectivity index (χ0n) is 15.6. The fraction of sp³-hybridized carbons (Fsp3) is 0.125. The van der Waals surface area contributed by atoms with Crippen molar-refractivity contribution in [3.8, 4) is 5.75 Å². The van der Waals surface area contributed by atoms with Crippen LogP contribution < -0.4 is 9.64 Å². The number of anilines is 1. The van der Waals surface area contributed by atoms with Gasteiger partial charge in [0.1, 0.15) is 5.75 Å².